The van der Waals surface area contributed by atoms with E-state index in [1.807, 2.05) is 4.31 Å². The zero-order valence-electron chi connectivity index (χ0n) is 17.7. The lowest BCUT2D eigenvalue weighted by Gasteiger charge is -2.44. The molecule has 1 aliphatic heterocycles. The van der Waals surface area contributed by atoms with Gasteiger partial charge in [0.15, 0.2) is 8.32 Å². The summed E-state index contributed by atoms with van der Waals surface area (Å²) in [6.45, 7) is 11.6. The fourth-order valence-corrected chi connectivity index (χ4v) is 6.88. The van der Waals surface area contributed by atoms with Gasteiger partial charge in [-0.05, 0) is 74.0 Å². The van der Waals surface area contributed by atoms with Gasteiger partial charge in [-0.3, -0.25) is 0 Å². The van der Waals surface area contributed by atoms with Gasteiger partial charge in [0.2, 0.25) is 10.0 Å². The Labute approximate surface area is 176 Å². The van der Waals surface area contributed by atoms with Gasteiger partial charge in [-0.15, -0.1) is 0 Å². The number of sulfonamides is 1. The Bertz CT molecular complexity index is 785. The van der Waals surface area contributed by atoms with E-state index in [0.717, 1.165) is 32.1 Å². The Balaban J connectivity index is 1.88. The Morgan fingerprint density at radius 2 is 1.71 bits per heavy atom. The molecule has 1 saturated carbocycles. The third-order valence-electron chi connectivity index (χ3n) is 6.72. The number of nitrogens with zero attached hydrogens (tertiary/aromatic N) is 1. The standard InChI is InChI=1S/C21H34ClNO3SSi/c1-21(2,3)28(4,5)26-15-18-7-6-8-20(16-9-10-16)23(18)27(24,25)19-13-11-17(22)12-14-19/h11-14,16,18,20H,6-10,15H2,1-5H3/t18-,20+/m0/s1. The van der Waals surface area contributed by atoms with Crippen molar-refractivity contribution in [3.05, 3.63) is 29.3 Å². The second kappa shape index (κ2) is 8.03. The van der Waals surface area contributed by atoms with Crippen molar-refractivity contribution in [3.63, 3.8) is 0 Å². The summed E-state index contributed by atoms with van der Waals surface area (Å²) in [7, 11) is -5.51. The molecule has 0 spiro atoms. The van der Waals surface area contributed by atoms with Gasteiger partial charge in [0.1, 0.15) is 0 Å². The first-order chi connectivity index (χ1) is 12.9. The molecule has 1 aromatic carbocycles. The van der Waals surface area contributed by atoms with E-state index in [-0.39, 0.29) is 17.1 Å². The summed E-state index contributed by atoms with van der Waals surface area (Å²) < 4.78 is 35.5. The molecule has 0 radical (unpaired) electrons. The molecule has 3 rings (SSSR count). The molecule has 0 unspecified atom stereocenters. The van der Waals surface area contributed by atoms with Gasteiger partial charge in [-0.25, -0.2) is 8.42 Å². The molecule has 1 aliphatic carbocycles. The van der Waals surface area contributed by atoms with Crippen molar-refractivity contribution in [2.24, 2.45) is 5.92 Å². The molecular formula is C21H34ClNO3SSi. The van der Waals surface area contributed by atoms with Crippen molar-refractivity contribution in [2.75, 3.05) is 6.61 Å². The first-order valence-corrected chi connectivity index (χ1v) is 15.1. The van der Waals surface area contributed by atoms with Gasteiger partial charge >= 0.3 is 0 Å². The minimum atomic E-state index is -3.58. The molecule has 4 nitrogen and oxygen atoms in total. The van der Waals surface area contributed by atoms with Crippen molar-refractivity contribution < 1.29 is 12.8 Å². The summed E-state index contributed by atoms with van der Waals surface area (Å²) in [6.07, 6.45) is 5.15. The van der Waals surface area contributed by atoms with Crippen LogP contribution in [0.25, 0.3) is 0 Å². The Hall–Kier alpha value is -0.403. The molecule has 1 saturated heterocycles. The zero-order valence-corrected chi connectivity index (χ0v) is 20.3. The molecule has 0 aromatic heterocycles. The van der Waals surface area contributed by atoms with Crippen LogP contribution < -0.4 is 0 Å². The van der Waals surface area contributed by atoms with Crippen LogP contribution in [0.1, 0.15) is 52.9 Å². The fourth-order valence-electron chi connectivity index (χ4n) is 3.79. The highest BCUT2D eigenvalue weighted by Crippen LogP contribution is 2.44. The van der Waals surface area contributed by atoms with Crippen LogP contribution in [-0.4, -0.2) is 39.7 Å². The van der Waals surface area contributed by atoms with Crippen LogP contribution in [0.2, 0.25) is 23.2 Å². The summed E-state index contributed by atoms with van der Waals surface area (Å²) in [4.78, 5) is 0.335. The monoisotopic (exact) mass is 443 g/mol. The second-order valence-corrected chi connectivity index (χ2v) is 16.9. The molecule has 1 heterocycles. The maximum atomic E-state index is 13.6. The topological polar surface area (TPSA) is 46.6 Å². The summed E-state index contributed by atoms with van der Waals surface area (Å²) in [5.74, 6) is 0.498. The van der Waals surface area contributed by atoms with Gasteiger partial charge in [0.25, 0.3) is 0 Å². The first kappa shape index (κ1) is 22.3. The largest absolute Gasteiger partial charge is 0.415 e. The van der Waals surface area contributed by atoms with Gasteiger partial charge in [0, 0.05) is 17.1 Å². The molecular weight excluding hydrogens is 410 g/mol. The highest BCUT2D eigenvalue weighted by atomic mass is 35.5. The lowest BCUT2D eigenvalue weighted by molar-refractivity contribution is 0.109. The van der Waals surface area contributed by atoms with E-state index in [2.05, 4.69) is 33.9 Å². The number of piperidine rings is 1. The molecule has 158 valence electrons. The van der Waals surface area contributed by atoms with Crippen LogP contribution in [0.5, 0.6) is 0 Å². The fraction of sp³-hybridized carbons (Fsp3) is 0.714. The van der Waals surface area contributed by atoms with Gasteiger partial charge in [-0.1, -0.05) is 38.8 Å². The predicted molar refractivity (Wildman–Crippen MR) is 118 cm³/mol. The summed E-state index contributed by atoms with van der Waals surface area (Å²) in [6, 6.07) is 6.58. The molecule has 1 aromatic rings. The predicted octanol–water partition coefficient (Wildman–Crippen LogP) is 5.68. The van der Waals surface area contributed by atoms with Crippen molar-refractivity contribution in [1.82, 2.24) is 4.31 Å². The molecule has 0 N–H and O–H groups in total. The van der Waals surface area contributed by atoms with Crippen molar-refractivity contribution in [1.29, 1.82) is 0 Å². The smallest absolute Gasteiger partial charge is 0.243 e. The minimum Gasteiger partial charge on any atom is -0.415 e. The molecule has 7 heteroatoms. The van der Waals surface area contributed by atoms with Crippen LogP contribution in [0.15, 0.2) is 29.2 Å². The first-order valence-electron chi connectivity index (χ1n) is 10.4. The molecule has 28 heavy (non-hydrogen) atoms. The maximum absolute atomic E-state index is 13.6. The van der Waals surface area contributed by atoms with E-state index in [0.29, 0.717) is 22.4 Å². The SMILES string of the molecule is CC(C)(C)[Si](C)(C)OC[C@@H]1CCC[C@H](C2CC2)N1S(=O)(=O)c1ccc(Cl)cc1. The van der Waals surface area contributed by atoms with Crippen LogP contribution in [0.3, 0.4) is 0 Å². The molecule has 2 fully saturated rings. The third kappa shape index (κ3) is 4.67. The summed E-state index contributed by atoms with van der Waals surface area (Å²) in [5, 5.41) is 0.659. The molecule has 0 bridgehead atoms. The van der Waals surface area contributed by atoms with Gasteiger partial charge in [-0.2, -0.15) is 4.31 Å². The van der Waals surface area contributed by atoms with Crippen LogP contribution in [0.4, 0.5) is 0 Å². The van der Waals surface area contributed by atoms with E-state index in [1.54, 1.807) is 24.3 Å². The summed E-state index contributed by atoms with van der Waals surface area (Å²) >= 11 is 5.98. The van der Waals surface area contributed by atoms with Crippen LogP contribution in [-0.2, 0) is 14.4 Å². The van der Waals surface area contributed by atoms with Crippen molar-refractivity contribution in [3.8, 4) is 0 Å². The number of hydrogen-bond acceptors (Lipinski definition) is 3. The van der Waals surface area contributed by atoms with Crippen LogP contribution in [0, 0.1) is 5.92 Å². The quantitative estimate of drug-likeness (QED) is 0.531. The van der Waals surface area contributed by atoms with Crippen LogP contribution >= 0.6 is 11.6 Å². The Morgan fingerprint density at radius 1 is 1.11 bits per heavy atom. The van der Waals surface area contributed by atoms with Crippen molar-refractivity contribution >= 4 is 29.9 Å². The zero-order chi connectivity index (χ0) is 20.7. The number of rotatable bonds is 6. The normalized spacial score (nSPS) is 25.1. The van der Waals surface area contributed by atoms with Gasteiger partial charge < -0.3 is 4.43 Å². The Kier molecular flexibility index (Phi) is 6.39. The van der Waals surface area contributed by atoms with E-state index < -0.39 is 18.3 Å². The molecule has 0 amide bonds. The lowest BCUT2D eigenvalue weighted by Crippen LogP contribution is -2.54. The molecule has 2 aliphatic rings. The highest BCUT2D eigenvalue weighted by molar-refractivity contribution is 7.89. The van der Waals surface area contributed by atoms with Crippen molar-refractivity contribution in [2.45, 2.75) is 88.0 Å². The lowest BCUT2D eigenvalue weighted by atomic mass is 9.96. The third-order valence-corrected chi connectivity index (χ3v) is 13.5. The number of benzene rings is 1. The number of hydrogen-bond donors (Lipinski definition) is 0. The maximum Gasteiger partial charge on any atom is 0.243 e. The van der Waals surface area contributed by atoms with E-state index >= 15 is 0 Å². The van der Waals surface area contributed by atoms with E-state index in [9.17, 15) is 8.42 Å². The Morgan fingerprint density at radius 3 is 2.25 bits per heavy atom. The summed E-state index contributed by atoms with van der Waals surface area (Å²) in [5.41, 5.74) is 0. The number of halogens is 1. The van der Waals surface area contributed by atoms with Gasteiger partial charge in [0.05, 0.1) is 11.5 Å². The second-order valence-electron chi connectivity index (χ2n) is 9.85. The van der Waals surface area contributed by atoms with E-state index in [1.165, 1.54) is 0 Å². The molecule has 2 atom stereocenters. The van der Waals surface area contributed by atoms with E-state index in [4.69, 9.17) is 16.0 Å². The highest BCUT2D eigenvalue weighted by Gasteiger charge is 2.47. The average Bonchev–Trinajstić information content (AvgIpc) is 3.44. The minimum absolute atomic E-state index is 0.0887. The average molecular weight is 444 g/mol.